The molecule has 0 bridgehead atoms. The molecular formula is C15H24N2O5. The predicted molar refractivity (Wildman–Crippen MR) is 80.0 cm³/mol. The highest BCUT2D eigenvalue weighted by atomic mass is 16.6. The van der Waals surface area contributed by atoms with Crippen molar-refractivity contribution >= 4 is 18.0 Å². The van der Waals surface area contributed by atoms with Gasteiger partial charge in [0, 0.05) is 19.2 Å². The number of nitrogens with one attached hydrogen (secondary N) is 1. The number of carbonyl (C=O) groups excluding carboxylic acids is 3. The first-order chi connectivity index (χ1) is 9.89. The van der Waals surface area contributed by atoms with Crippen molar-refractivity contribution in [3.05, 3.63) is 11.9 Å². The number of nitrogens with zero attached hydrogens (tertiary/aromatic N) is 1. The Balaban J connectivity index is 3.02. The van der Waals surface area contributed by atoms with Crippen molar-refractivity contribution in [2.75, 3.05) is 6.54 Å². The molecule has 22 heavy (non-hydrogen) atoms. The topological polar surface area (TPSA) is 84.9 Å². The van der Waals surface area contributed by atoms with Crippen molar-refractivity contribution in [1.82, 2.24) is 10.2 Å². The molecule has 0 aromatic rings. The van der Waals surface area contributed by atoms with Gasteiger partial charge in [0.05, 0.1) is 5.70 Å². The lowest BCUT2D eigenvalue weighted by Gasteiger charge is -2.27. The minimum Gasteiger partial charge on any atom is -0.443 e. The Hall–Kier alpha value is -2.05. The minimum atomic E-state index is -0.893. The van der Waals surface area contributed by atoms with E-state index in [0.29, 0.717) is 17.9 Å². The van der Waals surface area contributed by atoms with E-state index in [1.807, 2.05) is 0 Å². The smallest absolute Gasteiger partial charge is 0.424 e. The standard InChI is InChI=1S/C15H24N2O5/c1-14(2,3)21-12(19)17(13(20)22-15(4,5)6)9-10-11(18)7-8-16-10/h9,16H,7-8H2,1-6H3/b10-9-. The molecule has 1 saturated heterocycles. The monoisotopic (exact) mass is 312 g/mol. The van der Waals surface area contributed by atoms with E-state index >= 15 is 0 Å². The molecule has 7 nitrogen and oxygen atoms in total. The van der Waals surface area contributed by atoms with Gasteiger partial charge in [-0.3, -0.25) is 4.79 Å². The summed E-state index contributed by atoms with van der Waals surface area (Å²) in [6.45, 7) is 10.6. The molecule has 1 heterocycles. The Morgan fingerprint density at radius 2 is 1.50 bits per heavy atom. The summed E-state index contributed by atoms with van der Waals surface area (Å²) < 4.78 is 10.4. The highest BCUT2D eigenvalue weighted by Gasteiger charge is 2.31. The molecule has 124 valence electrons. The number of ether oxygens (including phenoxy) is 2. The van der Waals surface area contributed by atoms with Crippen molar-refractivity contribution < 1.29 is 23.9 Å². The first kappa shape index (κ1) is 18.0. The quantitative estimate of drug-likeness (QED) is 0.749. The number of rotatable bonds is 1. The number of carbonyl (C=O) groups is 3. The third kappa shape index (κ3) is 5.75. The number of allylic oxidation sites excluding steroid dienone is 1. The number of ketones is 1. The molecule has 1 fully saturated rings. The lowest BCUT2D eigenvalue weighted by atomic mass is 10.2. The second-order valence-corrected chi connectivity index (χ2v) is 6.97. The van der Waals surface area contributed by atoms with Crippen molar-refractivity contribution in [3.8, 4) is 0 Å². The molecule has 1 aliphatic heterocycles. The van der Waals surface area contributed by atoms with E-state index in [1.54, 1.807) is 41.5 Å². The van der Waals surface area contributed by atoms with Crippen molar-refractivity contribution in [1.29, 1.82) is 0 Å². The summed E-state index contributed by atoms with van der Waals surface area (Å²) in [5.41, 5.74) is -1.36. The highest BCUT2D eigenvalue weighted by molar-refractivity contribution is 5.98. The molecule has 1 rings (SSSR count). The Morgan fingerprint density at radius 1 is 1.05 bits per heavy atom. The first-order valence-corrected chi connectivity index (χ1v) is 7.13. The summed E-state index contributed by atoms with van der Waals surface area (Å²) >= 11 is 0. The van der Waals surface area contributed by atoms with E-state index in [9.17, 15) is 14.4 Å². The minimum absolute atomic E-state index is 0.169. The first-order valence-electron chi connectivity index (χ1n) is 7.13. The van der Waals surface area contributed by atoms with Crippen LogP contribution in [0.5, 0.6) is 0 Å². The SMILES string of the molecule is CC(C)(C)OC(=O)N(/C=C1\NCCC1=O)C(=O)OC(C)(C)C. The Labute approximate surface area is 130 Å². The fourth-order valence-electron chi connectivity index (χ4n) is 1.59. The van der Waals surface area contributed by atoms with Crippen LogP contribution in [0.15, 0.2) is 11.9 Å². The molecule has 1 aliphatic rings. The lowest BCUT2D eigenvalue weighted by Crippen LogP contribution is -2.41. The molecule has 0 saturated carbocycles. The largest absolute Gasteiger partial charge is 0.443 e. The van der Waals surface area contributed by atoms with Gasteiger partial charge in [-0.05, 0) is 41.5 Å². The number of imide groups is 1. The molecule has 0 aliphatic carbocycles. The van der Waals surface area contributed by atoms with Gasteiger partial charge in [-0.2, -0.15) is 4.90 Å². The molecule has 0 aromatic carbocycles. The van der Waals surface area contributed by atoms with Crippen LogP contribution in [0.3, 0.4) is 0 Å². The average Bonchev–Trinajstić information content (AvgIpc) is 2.66. The summed E-state index contributed by atoms with van der Waals surface area (Å²) in [5.74, 6) is -0.169. The normalized spacial score (nSPS) is 17.2. The molecule has 7 heteroatoms. The zero-order chi connectivity index (χ0) is 17.1. The number of hydrogen-bond donors (Lipinski definition) is 1. The summed E-state index contributed by atoms with van der Waals surface area (Å²) in [6.07, 6.45) is -0.328. The van der Waals surface area contributed by atoms with E-state index in [4.69, 9.17) is 9.47 Å². The fourth-order valence-corrected chi connectivity index (χ4v) is 1.59. The van der Waals surface area contributed by atoms with Crippen LogP contribution in [0.1, 0.15) is 48.0 Å². The van der Waals surface area contributed by atoms with E-state index < -0.39 is 23.4 Å². The Kier molecular flexibility index (Phi) is 5.22. The third-order valence-corrected chi connectivity index (χ3v) is 2.41. The van der Waals surface area contributed by atoms with Crippen molar-refractivity contribution in [2.45, 2.75) is 59.2 Å². The Morgan fingerprint density at radius 3 is 1.82 bits per heavy atom. The number of amides is 2. The number of Topliss-reactive ketones (excluding diaryl/α,β-unsaturated/α-hetero) is 1. The molecular weight excluding hydrogens is 288 g/mol. The van der Waals surface area contributed by atoms with Crippen LogP contribution in [0.25, 0.3) is 0 Å². The molecule has 0 atom stereocenters. The maximum Gasteiger partial charge on any atom is 0.424 e. The number of hydrogen-bond acceptors (Lipinski definition) is 6. The second kappa shape index (κ2) is 6.37. The van der Waals surface area contributed by atoms with Gasteiger partial charge < -0.3 is 14.8 Å². The van der Waals surface area contributed by atoms with Crippen LogP contribution < -0.4 is 5.32 Å². The van der Waals surface area contributed by atoms with Crippen LogP contribution in [-0.4, -0.2) is 40.6 Å². The highest BCUT2D eigenvalue weighted by Crippen LogP contribution is 2.16. The van der Waals surface area contributed by atoms with Gasteiger partial charge in [0.15, 0.2) is 5.78 Å². The van der Waals surface area contributed by atoms with Crippen LogP contribution >= 0.6 is 0 Å². The molecule has 0 aromatic heterocycles. The fraction of sp³-hybridized carbons (Fsp3) is 0.667. The zero-order valence-electron chi connectivity index (χ0n) is 14.0. The van der Waals surface area contributed by atoms with Gasteiger partial charge in [0.1, 0.15) is 11.2 Å². The summed E-state index contributed by atoms with van der Waals surface area (Å²) in [7, 11) is 0. The van der Waals surface area contributed by atoms with E-state index in [1.165, 1.54) is 0 Å². The van der Waals surface area contributed by atoms with Crippen LogP contribution in [0.2, 0.25) is 0 Å². The van der Waals surface area contributed by atoms with Crippen LogP contribution in [0, 0.1) is 0 Å². The Bertz CT molecular complexity index is 469. The average molecular weight is 312 g/mol. The molecule has 1 N–H and O–H groups in total. The van der Waals surface area contributed by atoms with Crippen molar-refractivity contribution in [2.24, 2.45) is 0 Å². The van der Waals surface area contributed by atoms with Gasteiger partial charge in [-0.25, -0.2) is 9.59 Å². The van der Waals surface area contributed by atoms with Gasteiger partial charge in [0.25, 0.3) is 0 Å². The third-order valence-electron chi connectivity index (χ3n) is 2.41. The predicted octanol–water partition coefficient (Wildman–Crippen LogP) is 2.56. The summed E-state index contributed by atoms with van der Waals surface area (Å²) in [5, 5.41) is 2.83. The van der Waals surface area contributed by atoms with Gasteiger partial charge in [-0.15, -0.1) is 0 Å². The van der Waals surface area contributed by atoms with E-state index in [-0.39, 0.29) is 11.5 Å². The molecule has 0 unspecified atom stereocenters. The maximum atomic E-state index is 12.2. The van der Waals surface area contributed by atoms with E-state index in [0.717, 1.165) is 6.20 Å². The lowest BCUT2D eigenvalue weighted by molar-refractivity contribution is -0.114. The molecule has 2 amide bonds. The van der Waals surface area contributed by atoms with Gasteiger partial charge >= 0.3 is 12.2 Å². The second-order valence-electron chi connectivity index (χ2n) is 6.97. The van der Waals surface area contributed by atoms with Crippen LogP contribution in [-0.2, 0) is 14.3 Å². The maximum absolute atomic E-state index is 12.2. The summed E-state index contributed by atoms with van der Waals surface area (Å²) in [6, 6.07) is 0. The van der Waals surface area contributed by atoms with Crippen molar-refractivity contribution in [3.63, 3.8) is 0 Å². The van der Waals surface area contributed by atoms with Gasteiger partial charge in [-0.1, -0.05) is 0 Å². The zero-order valence-corrected chi connectivity index (χ0v) is 14.0. The van der Waals surface area contributed by atoms with Crippen LogP contribution in [0.4, 0.5) is 9.59 Å². The molecule has 0 radical (unpaired) electrons. The summed E-state index contributed by atoms with van der Waals surface area (Å²) in [4.78, 5) is 36.7. The van der Waals surface area contributed by atoms with E-state index in [2.05, 4.69) is 5.32 Å². The van der Waals surface area contributed by atoms with Gasteiger partial charge in [0.2, 0.25) is 0 Å². The molecule has 0 spiro atoms.